The molecule has 0 saturated heterocycles. The molecule has 3 aromatic rings. The first-order chi connectivity index (χ1) is 18.6. The van der Waals surface area contributed by atoms with E-state index in [-0.39, 0.29) is 17.3 Å². The van der Waals surface area contributed by atoms with Crippen molar-refractivity contribution in [2.75, 3.05) is 23.9 Å². The fourth-order valence-electron chi connectivity index (χ4n) is 4.30. The molecule has 0 saturated carbocycles. The van der Waals surface area contributed by atoms with Gasteiger partial charge in [0.2, 0.25) is 11.8 Å². The van der Waals surface area contributed by atoms with Crippen molar-refractivity contribution in [1.82, 2.24) is 10.2 Å². The molecule has 1 atom stereocenters. The Kier molecular flexibility index (Phi) is 10.7. The maximum Gasteiger partial charge on any atom is 0.264 e. The topological polar surface area (TPSA) is 86.8 Å². The third-order valence-electron chi connectivity index (χ3n) is 6.75. The lowest BCUT2D eigenvalue weighted by Gasteiger charge is -2.32. The predicted octanol–water partition coefficient (Wildman–Crippen LogP) is 4.87. The fourth-order valence-corrected chi connectivity index (χ4v) is 5.78. The molecular formula is C31H39N3O4S. The van der Waals surface area contributed by atoms with Crippen LogP contribution in [-0.4, -0.2) is 50.8 Å². The molecule has 0 bridgehead atoms. The van der Waals surface area contributed by atoms with Crippen molar-refractivity contribution in [1.29, 1.82) is 0 Å². The van der Waals surface area contributed by atoms with Gasteiger partial charge in [-0.05, 0) is 62.9 Å². The quantitative estimate of drug-likeness (QED) is 0.308. The number of amides is 2. The standard InChI is InChI=1S/C31H39N3O4S/c1-5-6-21-32-31(36)26(4)33(22-20-27-13-8-7-9-14-27)30(35)23-34(29-15-11-10-12-25(29)3)39(37,38)28-18-16-24(2)17-19-28/h7-19,26H,5-6,20-23H2,1-4H3,(H,32,36)/t26-/m0/s1. The van der Waals surface area contributed by atoms with Gasteiger partial charge in [0, 0.05) is 13.1 Å². The Hall–Kier alpha value is -3.65. The number of benzene rings is 3. The summed E-state index contributed by atoms with van der Waals surface area (Å²) in [6.07, 6.45) is 2.31. The van der Waals surface area contributed by atoms with Crippen molar-refractivity contribution < 1.29 is 18.0 Å². The molecule has 0 radical (unpaired) electrons. The SMILES string of the molecule is CCCCNC(=O)[C@H](C)N(CCc1ccccc1)C(=O)CN(c1ccccc1C)S(=O)(=O)c1ccc(C)cc1. The number of carbonyl (C=O) groups is 2. The summed E-state index contributed by atoms with van der Waals surface area (Å²) in [6.45, 7) is 7.80. The minimum Gasteiger partial charge on any atom is -0.354 e. The molecule has 0 unspecified atom stereocenters. The molecule has 3 aromatic carbocycles. The average molecular weight is 550 g/mol. The number of hydrogen-bond acceptors (Lipinski definition) is 4. The third-order valence-corrected chi connectivity index (χ3v) is 8.53. The van der Waals surface area contributed by atoms with E-state index in [0.717, 1.165) is 33.8 Å². The molecule has 0 aliphatic rings. The van der Waals surface area contributed by atoms with Gasteiger partial charge in [0.1, 0.15) is 12.6 Å². The first-order valence-corrected chi connectivity index (χ1v) is 14.8. The third kappa shape index (κ3) is 7.93. The zero-order valence-electron chi connectivity index (χ0n) is 23.3. The Labute approximate surface area is 232 Å². The number of aryl methyl sites for hydroxylation is 2. The molecule has 0 aliphatic carbocycles. The number of nitrogens with one attached hydrogen (secondary N) is 1. The van der Waals surface area contributed by atoms with Crippen molar-refractivity contribution >= 4 is 27.5 Å². The predicted molar refractivity (Wildman–Crippen MR) is 156 cm³/mol. The van der Waals surface area contributed by atoms with Crippen LogP contribution in [0.15, 0.2) is 83.8 Å². The zero-order chi connectivity index (χ0) is 28.4. The molecule has 208 valence electrons. The summed E-state index contributed by atoms with van der Waals surface area (Å²) in [4.78, 5) is 28.5. The molecular weight excluding hydrogens is 510 g/mol. The van der Waals surface area contributed by atoms with Gasteiger partial charge in [0.15, 0.2) is 0 Å². The minimum atomic E-state index is -4.07. The van der Waals surface area contributed by atoms with E-state index in [9.17, 15) is 18.0 Å². The van der Waals surface area contributed by atoms with E-state index >= 15 is 0 Å². The highest BCUT2D eigenvalue weighted by molar-refractivity contribution is 7.92. The summed E-state index contributed by atoms with van der Waals surface area (Å²) in [5.41, 5.74) is 3.11. The van der Waals surface area contributed by atoms with E-state index in [0.29, 0.717) is 18.7 Å². The lowest BCUT2D eigenvalue weighted by Crippen LogP contribution is -2.52. The monoisotopic (exact) mass is 549 g/mol. The first kappa shape index (κ1) is 29.9. The van der Waals surface area contributed by atoms with Gasteiger partial charge < -0.3 is 10.2 Å². The van der Waals surface area contributed by atoms with Crippen LogP contribution < -0.4 is 9.62 Å². The fraction of sp³-hybridized carbons (Fsp3) is 0.355. The van der Waals surface area contributed by atoms with Crippen LogP contribution in [0.4, 0.5) is 5.69 Å². The smallest absolute Gasteiger partial charge is 0.264 e. The molecule has 0 heterocycles. The van der Waals surface area contributed by atoms with E-state index < -0.39 is 28.5 Å². The Morgan fingerprint density at radius 1 is 0.897 bits per heavy atom. The van der Waals surface area contributed by atoms with Crippen LogP contribution in [-0.2, 0) is 26.0 Å². The second kappa shape index (κ2) is 13.9. The molecule has 0 fully saturated rings. The van der Waals surface area contributed by atoms with Crippen molar-refractivity contribution in [3.8, 4) is 0 Å². The summed E-state index contributed by atoms with van der Waals surface area (Å²) < 4.78 is 28.9. The van der Waals surface area contributed by atoms with E-state index in [4.69, 9.17) is 0 Å². The van der Waals surface area contributed by atoms with Crippen LogP contribution in [0.1, 0.15) is 43.4 Å². The highest BCUT2D eigenvalue weighted by atomic mass is 32.2. The lowest BCUT2D eigenvalue weighted by molar-refractivity contribution is -0.138. The van der Waals surface area contributed by atoms with Gasteiger partial charge in [-0.15, -0.1) is 0 Å². The summed E-state index contributed by atoms with van der Waals surface area (Å²) >= 11 is 0. The summed E-state index contributed by atoms with van der Waals surface area (Å²) in [7, 11) is -4.07. The minimum absolute atomic E-state index is 0.102. The summed E-state index contributed by atoms with van der Waals surface area (Å²) in [5, 5.41) is 2.91. The Bertz CT molecular complexity index is 1340. The van der Waals surface area contributed by atoms with Crippen LogP contribution in [0, 0.1) is 13.8 Å². The Morgan fingerprint density at radius 3 is 2.18 bits per heavy atom. The van der Waals surface area contributed by atoms with Crippen molar-refractivity contribution in [3.05, 3.63) is 95.6 Å². The van der Waals surface area contributed by atoms with E-state index in [2.05, 4.69) is 5.32 Å². The van der Waals surface area contributed by atoms with Crippen LogP contribution in [0.3, 0.4) is 0 Å². The summed E-state index contributed by atoms with van der Waals surface area (Å²) in [6, 6.07) is 22.6. The number of nitrogens with zero attached hydrogens (tertiary/aromatic N) is 2. The van der Waals surface area contributed by atoms with Gasteiger partial charge in [0.25, 0.3) is 10.0 Å². The highest BCUT2D eigenvalue weighted by Crippen LogP contribution is 2.27. The highest BCUT2D eigenvalue weighted by Gasteiger charge is 2.32. The molecule has 0 spiro atoms. The van der Waals surface area contributed by atoms with Crippen LogP contribution in [0.25, 0.3) is 0 Å². The van der Waals surface area contributed by atoms with Crippen LogP contribution in [0.2, 0.25) is 0 Å². The molecule has 3 rings (SSSR count). The van der Waals surface area contributed by atoms with Gasteiger partial charge in [0.05, 0.1) is 10.6 Å². The number of hydrogen-bond donors (Lipinski definition) is 1. The largest absolute Gasteiger partial charge is 0.354 e. The first-order valence-electron chi connectivity index (χ1n) is 13.4. The number of unbranched alkanes of at least 4 members (excludes halogenated alkanes) is 1. The normalized spacial score (nSPS) is 12.0. The van der Waals surface area contributed by atoms with E-state index in [1.54, 1.807) is 43.3 Å². The van der Waals surface area contributed by atoms with Gasteiger partial charge in [-0.2, -0.15) is 0 Å². The maximum atomic E-state index is 13.9. The molecule has 8 heteroatoms. The average Bonchev–Trinajstić information content (AvgIpc) is 2.93. The molecule has 0 aromatic heterocycles. The molecule has 2 amide bonds. The van der Waals surface area contributed by atoms with Crippen molar-refractivity contribution in [2.24, 2.45) is 0 Å². The number of rotatable bonds is 13. The van der Waals surface area contributed by atoms with E-state index in [1.165, 1.54) is 4.90 Å². The van der Waals surface area contributed by atoms with Crippen LogP contribution in [0.5, 0.6) is 0 Å². The molecule has 1 N–H and O–H groups in total. The molecule has 7 nitrogen and oxygen atoms in total. The number of carbonyl (C=O) groups excluding carboxylic acids is 2. The van der Waals surface area contributed by atoms with Gasteiger partial charge in [-0.3, -0.25) is 13.9 Å². The lowest BCUT2D eigenvalue weighted by atomic mass is 10.1. The number of para-hydroxylation sites is 1. The number of anilines is 1. The second-order valence-corrected chi connectivity index (χ2v) is 11.6. The molecule has 0 aliphatic heterocycles. The van der Waals surface area contributed by atoms with Crippen LogP contribution >= 0.6 is 0 Å². The number of sulfonamides is 1. The second-order valence-electron chi connectivity index (χ2n) is 9.75. The van der Waals surface area contributed by atoms with Crippen molar-refractivity contribution in [3.63, 3.8) is 0 Å². The molecule has 39 heavy (non-hydrogen) atoms. The Morgan fingerprint density at radius 2 is 1.54 bits per heavy atom. The van der Waals surface area contributed by atoms with Gasteiger partial charge in [-0.1, -0.05) is 79.6 Å². The zero-order valence-corrected chi connectivity index (χ0v) is 24.1. The Balaban J connectivity index is 1.96. The van der Waals surface area contributed by atoms with Gasteiger partial charge in [-0.25, -0.2) is 8.42 Å². The summed E-state index contributed by atoms with van der Waals surface area (Å²) in [5.74, 6) is -0.697. The van der Waals surface area contributed by atoms with Gasteiger partial charge >= 0.3 is 0 Å². The maximum absolute atomic E-state index is 13.9. The van der Waals surface area contributed by atoms with Crippen molar-refractivity contribution in [2.45, 2.75) is 57.9 Å². The van der Waals surface area contributed by atoms with E-state index in [1.807, 2.05) is 63.2 Å².